The standard InChI is InChI=1S/C14H13BrF3NO/c15-10-8-9-4-1-2-5-11(9)19-13(10)12(20)6-3-7-14(16,17)18/h1-2,4-5,8,12,20H,3,6-7H2. The number of hydrogen-bond donors (Lipinski definition) is 1. The molecule has 0 aliphatic heterocycles. The van der Waals surface area contributed by atoms with Gasteiger partial charge in [-0.15, -0.1) is 0 Å². The highest BCUT2D eigenvalue weighted by molar-refractivity contribution is 9.10. The summed E-state index contributed by atoms with van der Waals surface area (Å²) < 4.78 is 36.9. The number of fused-ring (bicyclic) bond motifs is 1. The normalized spacial score (nSPS) is 13.7. The number of aliphatic hydroxyl groups is 1. The molecule has 1 N–H and O–H groups in total. The Kier molecular flexibility index (Phi) is 4.65. The summed E-state index contributed by atoms with van der Waals surface area (Å²) in [5, 5.41) is 10.9. The Hall–Kier alpha value is -1.14. The van der Waals surface area contributed by atoms with E-state index in [4.69, 9.17) is 0 Å². The zero-order valence-electron chi connectivity index (χ0n) is 10.5. The molecule has 2 nitrogen and oxygen atoms in total. The van der Waals surface area contributed by atoms with E-state index in [0.717, 1.165) is 5.39 Å². The minimum absolute atomic E-state index is 0.0312. The summed E-state index contributed by atoms with van der Waals surface area (Å²) in [6.45, 7) is 0. The van der Waals surface area contributed by atoms with E-state index in [9.17, 15) is 18.3 Å². The van der Waals surface area contributed by atoms with Crippen LogP contribution < -0.4 is 0 Å². The lowest BCUT2D eigenvalue weighted by Crippen LogP contribution is -2.09. The van der Waals surface area contributed by atoms with E-state index >= 15 is 0 Å². The van der Waals surface area contributed by atoms with Crippen molar-refractivity contribution in [2.75, 3.05) is 0 Å². The van der Waals surface area contributed by atoms with Crippen LogP contribution in [0.1, 0.15) is 31.1 Å². The smallest absolute Gasteiger partial charge is 0.387 e. The van der Waals surface area contributed by atoms with Crippen molar-refractivity contribution in [1.82, 2.24) is 4.98 Å². The minimum atomic E-state index is -4.19. The van der Waals surface area contributed by atoms with Crippen LogP contribution in [0.3, 0.4) is 0 Å². The second kappa shape index (κ2) is 6.10. The number of aromatic nitrogens is 1. The van der Waals surface area contributed by atoms with E-state index in [1.165, 1.54) is 0 Å². The van der Waals surface area contributed by atoms with Crippen LogP contribution in [-0.4, -0.2) is 16.3 Å². The van der Waals surface area contributed by atoms with Crippen molar-refractivity contribution in [2.45, 2.75) is 31.5 Å². The van der Waals surface area contributed by atoms with Gasteiger partial charge in [-0.2, -0.15) is 13.2 Å². The molecule has 1 aromatic carbocycles. The fourth-order valence-corrected chi connectivity index (χ4v) is 2.57. The van der Waals surface area contributed by atoms with E-state index in [-0.39, 0.29) is 12.8 Å². The molecule has 0 saturated heterocycles. The van der Waals surface area contributed by atoms with Crippen molar-refractivity contribution in [3.63, 3.8) is 0 Å². The molecule has 0 amide bonds. The van der Waals surface area contributed by atoms with Crippen LogP contribution >= 0.6 is 15.9 Å². The van der Waals surface area contributed by atoms with Gasteiger partial charge in [0.05, 0.1) is 17.3 Å². The van der Waals surface area contributed by atoms with Gasteiger partial charge in [-0.25, -0.2) is 4.98 Å². The third-order valence-electron chi connectivity index (χ3n) is 2.96. The zero-order valence-corrected chi connectivity index (χ0v) is 12.1. The first-order valence-electron chi connectivity index (χ1n) is 6.17. The van der Waals surface area contributed by atoms with Crippen LogP contribution in [0.5, 0.6) is 0 Å². The topological polar surface area (TPSA) is 33.1 Å². The Labute approximate surface area is 122 Å². The van der Waals surface area contributed by atoms with Gasteiger partial charge in [0, 0.05) is 16.3 Å². The zero-order chi connectivity index (χ0) is 14.8. The average molecular weight is 348 g/mol. The molecule has 20 heavy (non-hydrogen) atoms. The quantitative estimate of drug-likeness (QED) is 0.864. The lowest BCUT2D eigenvalue weighted by Gasteiger charge is -2.13. The largest absolute Gasteiger partial charge is 0.389 e. The maximum absolute atomic E-state index is 12.1. The highest BCUT2D eigenvalue weighted by atomic mass is 79.9. The van der Waals surface area contributed by atoms with Gasteiger partial charge in [0.25, 0.3) is 0 Å². The third kappa shape index (κ3) is 3.93. The fraction of sp³-hybridized carbons (Fsp3) is 0.357. The minimum Gasteiger partial charge on any atom is -0.387 e. The number of aliphatic hydroxyl groups excluding tert-OH is 1. The lowest BCUT2D eigenvalue weighted by atomic mass is 10.1. The molecule has 0 radical (unpaired) electrons. The molecule has 108 valence electrons. The first kappa shape index (κ1) is 15.3. The third-order valence-corrected chi connectivity index (χ3v) is 3.59. The number of nitrogens with zero attached hydrogens (tertiary/aromatic N) is 1. The van der Waals surface area contributed by atoms with Crippen LogP contribution in [0.2, 0.25) is 0 Å². The monoisotopic (exact) mass is 347 g/mol. The highest BCUT2D eigenvalue weighted by Crippen LogP contribution is 2.30. The van der Waals surface area contributed by atoms with Crippen molar-refractivity contribution in [3.05, 3.63) is 40.5 Å². The molecule has 0 spiro atoms. The Bertz CT molecular complexity index is 600. The van der Waals surface area contributed by atoms with Gasteiger partial charge < -0.3 is 5.11 Å². The van der Waals surface area contributed by atoms with Gasteiger partial charge in [-0.3, -0.25) is 0 Å². The van der Waals surface area contributed by atoms with E-state index in [2.05, 4.69) is 20.9 Å². The number of benzene rings is 1. The van der Waals surface area contributed by atoms with Gasteiger partial charge in [0.1, 0.15) is 0 Å². The van der Waals surface area contributed by atoms with Gasteiger partial charge in [-0.1, -0.05) is 18.2 Å². The van der Waals surface area contributed by atoms with E-state index in [1.54, 1.807) is 6.07 Å². The molecule has 0 bridgehead atoms. The molecule has 1 heterocycles. The molecule has 0 saturated carbocycles. The first-order valence-corrected chi connectivity index (χ1v) is 6.96. The van der Waals surface area contributed by atoms with Crippen molar-refractivity contribution in [2.24, 2.45) is 0 Å². The Morgan fingerprint density at radius 2 is 1.95 bits per heavy atom. The summed E-state index contributed by atoms with van der Waals surface area (Å²) in [6, 6.07) is 9.18. The Morgan fingerprint density at radius 3 is 2.65 bits per heavy atom. The van der Waals surface area contributed by atoms with Crippen LogP contribution in [0.4, 0.5) is 13.2 Å². The SMILES string of the molecule is OC(CCCC(F)(F)F)c1nc2ccccc2cc1Br. The molecule has 1 aromatic heterocycles. The van der Waals surface area contributed by atoms with Crippen molar-refractivity contribution < 1.29 is 18.3 Å². The average Bonchev–Trinajstić information content (AvgIpc) is 2.36. The van der Waals surface area contributed by atoms with E-state index in [1.807, 2.05) is 24.3 Å². The fourth-order valence-electron chi connectivity index (χ4n) is 1.97. The maximum atomic E-state index is 12.1. The van der Waals surface area contributed by atoms with Crippen LogP contribution in [0.25, 0.3) is 10.9 Å². The molecule has 6 heteroatoms. The van der Waals surface area contributed by atoms with Crippen molar-refractivity contribution >= 4 is 26.8 Å². The molecule has 2 rings (SSSR count). The van der Waals surface area contributed by atoms with E-state index < -0.39 is 18.7 Å². The summed E-state index contributed by atoms with van der Waals surface area (Å²) in [7, 11) is 0. The first-order chi connectivity index (χ1) is 9.37. The van der Waals surface area contributed by atoms with Crippen LogP contribution in [-0.2, 0) is 0 Å². The number of para-hydroxylation sites is 1. The van der Waals surface area contributed by atoms with Gasteiger partial charge >= 0.3 is 6.18 Å². The lowest BCUT2D eigenvalue weighted by molar-refractivity contribution is -0.136. The molecular weight excluding hydrogens is 335 g/mol. The van der Waals surface area contributed by atoms with Crippen molar-refractivity contribution in [3.8, 4) is 0 Å². The Morgan fingerprint density at radius 1 is 1.25 bits per heavy atom. The maximum Gasteiger partial charge on any atom is 0.389 e. The van der Waals surface area contributed by atoms with Gasteiger partial charge in [0.2, 0.25) is 0 Å². The summed E-state index contributed by atoms with van der Waals surface area (Å²) >= 11 is 3.30. The number of alkyl halides is 3. The second-order valence-corrected chi connectivity index (χ2v) is 5.43. The number of halogens is 4. The molecule has 0 aliphatic carbocycles. The van der Waals surface area contributed by atoms with Gasteiger partial charge in [-0.05, 0) is 40.9 Å². The summed E-state index contributed by atoms with van der Waals surface area (Å²) in [5.41, 5.74) is 1.09. The molecular formula is C14H13BrF3NO. The number of rotatable bonds is 4. The summed E-state index contributed by atoms with van der Waals surface area (Å²) in [6.07, 6.45) is -6.17. The predicted octanol–water partition coefficient (Wildman–Crippen LogP) is 4.76. The predicted molar refractivity (Wildman–Crippen MR) is 74.3 cm³/mol. The number of hydrogen-bond acceptors (Lipinski definition) is 2. The van der Waals surface area contributed by atoms with Crippen LogP contribution in [0, 0.1) is 0 Å². The molecule has 1 unspecified atom stereocenters. The van der Waals surface area contributed by atoms with Crippen molar-refractivity contribution in [1.29, 1.82) is 0 Å². The summed E-state index contributed by atoms with van der Waals surface area (Å²) in [4.78, 5) is 4.31. The summed E-state index contributed by atoms with van der Waals surface area (Å²) in [5.74, 6) is 0. The van der Waals surface area contributed by atoms with E-state index in [0.29, 0.717) is 15.7 Å². The van der Waals surface area contributed by atoms with Gasteiger partial charge in [0.15, 0.2) is 0 Å². The molecule has 1 atom stereocenters. The molecule has 0 fully saturated rings. The number of pyridine rings is 1. The molecule has 2 aromatic rings. The van der Waals surface area contributed by atoms with Crippen LogP contribution in [0.15, 0.2) is 34.8 Å². The highest BCUT2D eigenvalue weighted by Gasteiger charge is 2.27. The molecule has 0 aliphatic rings. The second-order valence-electron chi connectivity index (χ2n) is 4.57. The Balaban J connectivity index is 2.13.